The number of rotatable bonds is 6. The summed E-state index contributed by atoms with van der Waals surface area (Å²) in [5.41, 5.74) is 1.35. The fourth-order valence-electron chi connectivity index (χ4n) is 2.96. The molecule has 1 aliphatic heterocycles. The fourth-order valence-corrected chi connectivity index (χ4v) is 4.06. The molecule has 1 heterocycles. The molecule has 0 saturated heterocycles. The highest BCUT2D eigenvalue weighted by atomic mass is 32.2. The number of nitrogens with one attached hydrogen (secondary N) is 2. The second-order valence-corrected chi connectivity index (χ2v) is 8.10. The summed E-state index contributed by atoms with van der Waals surface area (Å²) >= 11 is 1.33. The Hall–Kier alpha value is -2.80. The van der Waals surface area contributed by atoms with Gasteiger partial charge in [-0.25, -0.2) is 0 Å². The third-order valence-corrected chi connectivity index (χ3v) is 5.85. The highest BCUT2D eigenvalue weighted by molar-refractivity contribution is 8.01. The van der Waals surface area contributed by atoms with Crippen LogP contribution in [0.25, 0.3) is 0 Å². The molecule has 6 nitrogen and oxygen atoms in total. The third kappa shape index (κ3) is 4.36. The second-order valence-electron chi connectivity index (χ2n) is 6.86. The van der Waals surface area contributed by atoms with Crippen LogP contribution in [-0.2, 0) is 19.1 Å². The van der Waals surface area contributed by atoms with E-state index in [-0.39, 0.29) is 24.3 Å². The summed E-state index contributed by atoms with van der Waals surface area (Å²) in [7, 11) is 0. The van der Waals surface area contributed by atoms with Gasteiger partial charge in [-0.3, -0.25) is 14.4 Å². The Morgan fingerprint density at radius 1 is 1.11 bits per heavy atom. The Kier molecular flexibility index (Phi) is 5.34. The van der Waals surface area contributed by atoms with E-state index < -0.39 is 17.3 Å². The van der Waals surface area contributed by atoms with Crippen molar-refractivity contribution in [1.82, 2.24) is 5.32 Å². The number of benzene rings is 2. The number of anilines is 1. The van der Waals surface area contributed by atoms with Gasteiger partial charge in [-0.1, -0.05) is 42.5 Å². The number of hydrogen-bond donors (Lipinski definition) is 2. The van der Waals surface area contributed by atoms with Gasteiger partial charge in [-0.15, -0.1) is 11.8 Å². The summed E-state index contributed by atoms with van der Waals surface area (Å²) in [5.74, 6) is -1.14. The molecule has 1 fully saturated rings. The number of para-hydroxylation sites is 1. The maximum Gasteiger partial charge on any atom is 0.308 e. The van der Waals surface area contributed by atoms with Crippen LogP contribution in [0.4, 0.5) is 5.69 Å². The quantitative estimate of drug-likeness (QED) is 0.733. The first-order chi connectivity index (χ1) is 13.6. The highest BCUT2D eigenvalue weighted by Crippen LogP contribution is 2.37. The molecule has 28 heavy (non-hydrogen) atoms. The Morgan fingerprint density at radius 3 is 2.57 bits per heavy atom. The van der Waals surface area contributed by atoms with Gasteiger partial charge in [0.25, 0.3) is 5.91 Å². The van der Waals surface area contributed by atoms with Gasteiger partial charge in [-0.05, 0) is 25.0 Å². The van der Waals surface area contributed by atoms with E-state index in [1.54, 1.807) is 24.3 Å². The lowest BCUT2D eigenvalue weighted by Crippen LogP contribution is -2.35. The third-order valence-electron chi connectivity index (χ3n) is 4.57. The molecule has 2 amide bonds. The standard InChI is InChI=1S/C21H20N2O4S/c24-18(12-17-20(25)23-15-8-4-5-9-16(15)28-17)27-19(13-6-2-1-3-7-13)21(26)22-14-10-11-14/h1-9,14,17,19H,10-12H2,(H,22,26)(H,23,25)/t17-,19-/m1/s1. The van der Waals surface area contributed by atoms with Crippen LogP contribution in [0.3, 0.4) is 0 Å². The van der Waals surface area contributed by atoms with Crippen molar-refractivity contribution in [2.75, 3.05) is 5.32 Å². The van der Waals surface area contributed by atoms with Crippen molar-refractivity contribution in [2.24, 2.45) is 0 Å². The molecule has 2 aliphatic rings. The second kappa shape index (κ2) is 8.06. The first-order valence-corrected chi connectivity index (χ1v) is 10.1. The largest absolute Gasteiger partial charge is 0.447 e. The van der Waals surface area contributed by atoms with E-state index in [0.29, 0.717) is 5.56 Å². The summed E-state index contributed by atoms with van der Waals surface area (Å²) < 4.78 is 5.52. The lowest BCUT2D eigenvalue weighted by atomic mass is 10.1. The lowest BCUT2D eigenvalue weighted by Gasteiger charge is -2.24. The molecular formula is C21H20N2O4S. The summed E-state index contributed by atoms with van der Waals surface area (Å²) in [5, 5.41) is 5.10. The van der Waals surface area contributed by atoms with Crippen molar-refractivity contribution in [2.45, 2.75) is 41.6 Å². The number of esters is 1. The van der Waals surface area contributed by atoms with Gasteiger partial charge < -0.3 is 15.4 Å². The fraction of sp³-hybridized carbons (Fsp3) is 0.286. The van der Waals surface area contributed by atoms with Crippen molar-refractivity contribution in [3.63, 3.8) is 0 Å². The number of carbonyl (C=O) groups is 3. The first-order valence-electron chi connectivity index (χ1n) is 9.21. The van der Waals surface area contributed by atoms with E-state index in [1.165, 1.54) is 11.8 Å². The van der Waals surface area contributed by atoms with Crippen LogP contribution < -0.4 is 10.6 Å². The molecule has 1 aliphatic carbocycles. The minimum Gasteiger partial charge on any atom is -0.447 e. The number of amides is 2. The van der Waals surface area contributed by atoms with Gasteiger partial charge in [0.15, 0.2) is 0 Å². The zero-order valence-corrected chi connectivity index (χ0v) is 15.9. The maximum absolute atomic E-state index is 12.6. The summed E-state index contributed by atoms with van der Waals surface area (Å²) in [6, 6.07) is 16.5. The first kappa shape index (κ1) is 18.6. The van der Waals surface area contributed by atoms with E-state index in [2.05, 4.69) is 10.6 Å². The smallest absolute Gasteiger partial charge is 0.308 e. The van der Waals surface area contributed by atoms with Crippen LogP contribution in [0, 0.1) is 0 Å². The van der Waals surface area contributed by atoms with Crippen LogP contribution in [0.1, 0.15) is 30.9 Å². The molecule has 0 aromatic heterocycles. The zero-order valence-electron chi connectivity index (χ0n) is 15.1. The Balaban J connectivity index is 1.44. The highest BCUT2D eigenvalue weighted by Gasteiger charge is 2.33. The molecule has 4 rings (SSSR count). The molecule has 2 aromatic carbocycles. The van der Waals surface area contributed by atoms with Crippen LogP contribution in [-0.4, -0.2) is 29.1 Å². The lowest BCUT2D eigenvalue weighted by molar-refractivity contribution is -0.156. The van der Waals surface area contributed by atoms with E-state index in [9.17, 15) is 14.4 Å². The van der Waals surface area contributed by atoms with E-state index in [4.69, 9.17) is 4.74 Å². The molecule has 0 unspecified atom stereocenters. The number of fused-ring (bicyclic) bond motifs is 1. The predicted octanol–water partition coefficient (Wildman–Crippen LogP) is 3.05. The van der Waals surface area contributed by atoms with Crippen LogP contribution in [0.2, 0.25) is 0 Å². The summed E-state index contributed by atoms with van der Waals surface area (Å²) in [4.78, 5) is 38.4. The minimum atomic E-state index is -1.02. The van der Waals surface area contributed by atoms with E-state index in [1.807, 2.05) is 30.3 Å². The molecule has 0 radical (unpaired) electrons. The summed E-state index contributed by atoms with van der Waals surface area (Å²) in [6.45, 7) is 0. The minimum absolute atomic E-state index is 0.106. The topological polar surface area (TPSA) is 84.5 Å². The van der Waals surface area contributed by atoms with E-state index in [0.717, 1.165) is 23.4 Å². The number of carbonyl (C=O) groups excluding carboxylic acids is 3. The average molecular weight is 396 g/mol. The summed E-state index contributed by atoms with van der Waals surface area (Å²) in [6.07, 6.45) is 0.766. The van der Waals surface area contributed by atoms with Gasteiger partial charge >= 0.3 is 5.97 Å². The van der Waals surface area contributed by atoms with Crippen molar-refractivity contribution in [3.05, 3.63) is 60.2 Å². The van der Waals surface area contributed by atoms with Crippen molar-refractivity contribution >= 4 is 35.2 Å². The molecule has 144 valence electrons. The normalized spacial score (nSPS) is 19.1. The zero-order chi connectivity index (χ0) is 19.5. The van der Waals surface area contributed by atoms with Crippen molar-refractivity contribution in [1.29, 1.82) is 0 Å². The number of ether oxygens (including phenoxy) is 1. The molecular weight excluding hydrogens is 376 g/mol. The van der Waals surface area contributed by atoms with Crippen molar-refractivity contribution < 1.29 is 19.1 Å². The van der Waals surface area contributed by atoms with Gasteiger partial charge in [0.2, 0.25) is 12.0 Å². The maximum atomic E-state index is 12.6. The Morgan fingerprint density at radius 2 is 1.82 bits per heavy atom. The molecule has 0 spiro atoms. The molecule has 2 N–H and O–H groups in total. The Bertz CT molecular complexity index is 898. The van der Waals surface area contributed by atoms with Gasteiger partial charge in [-0.2, -0.15) is 0 Å². The van der Waals surface area contributed by atoms with Crippen LogP contribution in [0.15, 0.2) is 59.5 Å². The molecule has 2 atom stereocenters. The van der Waals surface area contributed by atoms with Gasteiger partial charge in [0.1, 0.15) is 0 Å². The molecule has 7 heteroatoms. The SMILES string of the molecule is O=C(C[C@H]1Sc2ccccc2NC1=O)O[C@@H](C(=O)NC1CC1)c1ccccc1. The molecule has 2 aromatic rings. The molecule has 1 saturated carbocycles. The van der Waals surface area contributed by atoms with Crippen molar-refractivity contribution in [3.8, 4) is 0 Å². The van der Waals surface area contributed by atoms with Gasteiger partial charge in [0.05, 0.1) is 17.4 Å². The van der Waals surface area contributed by atoms with Gasteiger partial charge in [0, 0.05) is 16.5 Å². The van der Waals surface area contributed by atoms with Crippen LogP contribution >= 0.6 is 11.8 Å². The van der Waals surface area contributed by atoms with E-state index >= 15 is 0 Å². The average Bonchev–Trinajstić information content (AvgIpc) is 3.51. The Labute approximate surface area is 167 Å². The number of hydrogen-bond acceptors (Lipinski definition) is 5. The van der Waals surface area contributed by atoms with Crippen LogP contribution in [0.5, 0.6) is 0 Å². The monoisotopic (exact) mass is 396 g/mol. The number of thioether (sulfide) groups is 1. The molecule has 0 bridgehead atoms. The predicted molar refractivity (Wildman–Crippen MR) is 106 cm³/mol.